The van der Waals surface area contributed by atoms with E-state index >= 15 is 0 Å². The van der Waals surface area contributed by atoms with Crippen LogP contribution in [0.15, 0.2) is 36.7 Å². The molecule has 0 aliphatic rings. The highest BCUT2D eigenvalue weighted by Gasteiger charge is 2.16. The van der Waals surface area contributed by atoms with Crippen LogP contribution in [-0.2, 0) is 14.1 Å². The highest BCUT2D eigenvalue weighted by molar-refractivity contribution is 6.30. The lowest BCUT2D eigenvalue weighted by atomic mass is 10.1. The fourth-order valence-electron chi connectivity index (χ4n) is 1.79. The van der Waals surface area contributed by atoms with Gasteiger partial charge in [0, 0.05) is 11.1 Å². The molecule has 0 spiro atoms. The first-order chi connectivity index (χ1) is 7.59. The number of halogens is 1. The Labute approximate surface area is 99.5 Å². The van der Waals surface area contributed by atoms with E-state index in [0.29, 0.717) is 16.4 Å². The molecule has 0 aliphatic heterocycles. The Morgan fingerprint density at radius 1 is 1.44 bits per heavy atom. The molecular weight excluding hydrogens is 224 g/mol. The van der Waals surface area contributed by atoms with Gasteiger partial charge in [-0.25, -0.2) is 9.13 Å². The van der Waals surface area contributed by atoms with E-state index in [1.165, 1.54) is 0 Å². The third-order valence-electron chi connectivity index (χ3n) is 2.62. The summed E-state index contributed by atoms with van der Waals surface area (Å²) in [4.78, 5) is 0. The quantitative estimate of drug-likeness (QED) is 0.715. The van der Waals surface area contributed by atoms with E-state index in [1.807, 2.05) is 35.6 Å². The van der Waals surface area contributed by atoms with Crippen molar-refractivity contribution in [3.05, 3.63) is 53.1 Å². The summed E-state index contributed by atoms with van der Waals surface area (Å²) in [5.41, 5.74) is 0.685. The van der Waals surface area contributed by atoms with Crippen molar-refractivity contribution in [2.75, 3.05) is 0 Å². The van der Waals surface area contributed by atoms with Gasteiger partial charge < -0.3 is 5.11 Å². The van der Waals surface area contributed by atoms with E-state index in [4.69, 9.17) is 11.6 Å². The molecule has 4 heteroatoms. The number of imidazole rings is 1. The zero-order valence-electron chi connectivity index (χ0n) is 9.22. The Morgan fingerprint density at radius 3 is 2.75 bits per heavy atom. The number of nitrogens with zero attached hydrogens (tertiary/aromatic N) is 2. The number of hydrogen-bond acceptors (Lipinski definition) is 1. The fraction of sp³-hybridized carbons (Fsp3) is 0.250. The molecule has 1 unspecified atom stereocenters. The Hall–Kier alpha value is -1.32. The maximum Gasteiger partial charge on any atom is 0.246 e. The van der Waals surface area contributed by atoms with Crippen LogP contribution in [0.3, 0.4) is 0 Å². The van der Waals surface area contributed by atoms with E-state index in [1.54, 1.807) is 24.3 Å². The summed E-state index contributed by atoms with van der Waals surface area (Å²) in [7, 11) is 3.73. The summed E-state index contributed by atoms with van der Waals surface area (Å²) in [6.45, 7) is 0. The van der Waals surface area contributed by atoms with Crippen molar-refractivity contribution in [1.82, 2.24) is 4.57 Å². The minimum absolute atomic E-state index is 0.593. The van der Waals surface area contributed by atoms with E-state index in [-0.39, 0.29) is 0 Å². The predicted octanol–water partition coefficient (Wildman–Crippen LogP) is 0.953. The lowest BCUT2D eigenvalue weighted by molar-refractivity contribution is -0.691. The molecule has 0 N–H and O–H groups in total. The molecule has 3 nitrogen and oxygen atoms in total. The van der Waals surface area contributed by atoms with Gasteiger partial charge in [0.05, 0.1) is 14.1 Å². The van der Waals surface area contributed by atoms with Crippen LogP contribution in [0.25, 0.3) is 0 Å². The summed E-state index contributed by atoms with van der Waals surface area (Å²) in [5, 5.41) is 12.9. The van der Waals surface area contributed by atoms with Crippen LogP contribution in [0.2, 0.25) is 5.02 Å². The van der Waals surface area contributed by atoms with E-state index < -0.39 is 6.10 Å². The molecule has 0 fully saturated rings. The van der Waals surface area contributed by atoms with Crippen molar-refractivity contribution in [2.45, 2.75) is 6.10 Å². The standard InChI is InChI=1S/C12H13ClN2O/c1-14-6-7-15(2)12(14)11(16)9-4-3-5-10(13)8-9/h3-8,11H,1-2H3. The molecule has 0 aliphatic carbocycles. The van der Waals surface area contributed by atoms with Crippen molar-refractivity contribution in [1.29, 1.82) is 0 Å². The summed E-state index contributed by atoms with van der Waals surface area (Å²) in [6, 6.07) is 7.08. The second-order valence-corrected chi connectivity index (χ2v) is 4.25. The number of rotatable bonds is 2. The molecule has 0 radical (unpaired) electrons. The summed E-state index contributed by atoms with van der Waals surface area (Å²) >= 11 is 5.88. The zero-order valence-corrected chi connectivity index (χ0v) is 9.98. The lowest BCUT2D eigenvalue weighted by Crippen LogP contribution is -2.38. The van der Waals surface area contributed by atoms with E-state index in [0.717, 1.165) is 0 Å². The van der Waals surface area contributed by atoms with Crippen molar-refractivity contribution < 1.29 is 9.67 Å². The summed E-state index contributed by atoms with van der Waals surface area (Å²) in [5.74, 6) is 0.710. The van der Waals surface area contributed by atoms with Crippen LogP contribution in [0.5, 0.6) is 0 Å². The predicted molar refractivity (Wildman–Crippen MR) is 59.9 cm³/mol. The lowest BCUT2D eigenvalue weighted by Gasteiger charge is -2.19. The normalized spacial score (nSPS) is 12.8. The SMILES string of the molecule is Cn1cc[n+](C)c1C([O-])c1cccc(Cl)c1. The smallest absolute Gasteiger partial charge is 0.246 e. The van der Waals surface area contributed by atoms with Crippen molar-refractivity contribution in [2.24, 2.45) is 14.1 Å². The van der Waals surface area contributed by atoms with Gasteiger partial charge >= 0.3 is 0 Å². The van der Waals surface area contributed by atoms with Gasteiger partial charge in [0.15, 0.2) is 0 Å². The van der Waals surface area contributed by atoms with Crippen LogP contribution in [0, 0.1) is 0 Å². The molecule has 1 aromatic carbocycles. The van der Waals surface area contributed by atoms with Crippen LogP contribution in [-0.4, -0.2) is 4.57 Å². The maximum atomic E-state index is 12.3. The Bertz CT molecular complexity index is 488. The minimum atomic E-state index is -0.913. The molecule has 16 heavy (non-hydrogen) atoms. The average Bonchev–Trinajstić information content (AvgIpc) is 2.58. The highest BCUT2D eigenvalue weighted by atomic mass is 35.5. The van der Waals surface area contributed by atoms with Crippen molar-refractivity contribution >= 4 is 11.6 Å². The zero-order chi connectivity index (χ0) is 11.7. The third-order valence-corrected chi connectivity index (χ3v) is 2.86. The van der Waals surface area contributed by atoms with Gasteiger partial charge in [0.2, 0.25) is 5.82 Å². The Balaban J connectivity index is 2.43. The topological polar surface area (TPSA) is 31.9 Å². The van der Waals surface area contributed by atoms with Crippen LogP contribution in [0.4, 0.5) is 0 Å². The number of benzene rings is 1. The van der Waals surface area contributed by atoms with E-state index in [9.17, 15) is 5.11 Å². The van der Waals surface area contributed by atoms with Crippen LogP contribution in [0.1, 0.15) is 17.5 Å². The average molecular weight is 237 g/mol. The number of aromatic nitrogens is 2. The van der Waals surface area contributed by atoms with Gasteiger partial charge in [0.1, 0.15) is 12.4 Å². The monoisotopic (exact) mass is 236 g/mol. The first-order valence-electron chi connectivity index (χ1n) is 5.01. The van der Waals surface area contributed by atoms with Crippen LogP contribution >= 0.6 is 11.6 Å². The fourth-order valence-corrected chi connectivity index (χ4v) is 1.99. The van der Waals surface area contributed by atoms with Gasteiger partial charge in [-0.2, -0.15) is 0 Å². The Kier molecular flexibility index (Phi) is 2.99. The molecule has 84 valence electrons. The van der Waals surface area contributed by atoms with Gasteiger partial charge in [0.25, 0.3) is 0 Å². The van der Waals surface area contributed by atoms with Gasteiger partial charge in [-0.15, -0.1) is 0 Å². The van der Waals surface area contributed by atoms with E-state index in [2.05, 4.69) is 0 Å². The molecule has 2 aromatic rings. The molecule has 0 saturated carbocycles. The molecule has 2 rings (SSSR count). The van der Waals surface area contributed by atoms with Crippen molar-refractivity contribution in [3.8, 4) is 0 Å². The van der Waals surface area contributed by atoms with Crippen molar-refractivity contribution in [3.63, 3.8) is 0 Å². The summed E-state index contributed by atoms with van der Waals surface area (Å²) in [6.07, 6.45) is 2.82. The highest BCUT2D eigenvalue weighted by Crippen LogP contribution is 2.19. The first-order valence-corrected chi connectivity index (χ1v) is 5.39. The van der Waals surface area contributed by atoms with Crippen LogP contribution < -0.4 is 9.67 Å². The Morgan fingerprint density at radius 2 is 2.19 bits per heavy atom. The number of aryl methyl sites for hydroxylation is 2. The molecule has 0 saturated heterocycles. The number of hydrogen-bond donors (Lipinski definition) is 0. The molecule has 1 aromatic heterocycles. The molecule has 0 amide bonds. The second kappa shape index (κ2) is 4.28. The second-order valence-electron chi connectivity index (χ2n) is 3.81. The minimum Gasteiger partial charge on any atom is -0.840 e. The molecule has 1 heterocycles. The summed E-state index contributed by atoms with van der Waals surface area (Å²) < 4.78 is 3.66. The third kappa shape index (κ3) is 1.96. The largest absolute Gasteiger partial charge is 0.840 e. The molecular formula is C12H13ClN2O. The molecule has 0 bridgehead atoms. The van der Waals surface area contributed by atoms with Gasteiger partial charge in [-0.1, -0.05) is 23.7 Å². The first kappa shape index (κ1) is 11.2. The maximum absolute atomic E-state index is 12.3. The molecule has 1 atom stereocenters. The van der Waals surface area contributed by atoms with Gasteiger partial charge in [-0.05, 0) is 17.7 Å². The van der Waals surface area contributed by atoms with Gasteiger partial charge in [-0.3, -0.25) is 0 Å².